The number of carbonyl (C=O) groups excluding carboxylic acids is 1. The zero-order valence-electron chi connectivity index (χ0n) is 10.6. The third-order valence-electron chi connectivity index (χ3n) is 2.29. The predicted molar refractivity (Wildman–Crippen MR) is 62.9 cm³/mol. The Labute approximate surface area is 93.2 Å². The number of nitrogens with zero attached hydrogens (tertiary/aromatic N) is 1. The lowest BCUT2D eigenvalue weighted by Crippen LogP contribution is -2.50. The molecule has 1 rings (SSSR count). The summed E-state index contributed by atoms with van der Waals surface area (Å²) >= 11 is 0. The Morgan fingerprint density at radius 1 is 1.40 bits per heavy atom. The fourth-order valence-corrected chi connectivity index (χ4v) is 1.57. The fraction of sp³-hybridized carbons (Fsp3) is 0.917. The van der Waals surface area contributed by atoms with Gasteiger partial charge in [-0.05, 0) is 39.5 Å². The quantitative estimate of drug-likeness (QED) is 0.766. The van der Waals surface area contributed by atoms with Crippen LogP contribution in [0, 0.1) is 5.92 Å². The highest BCUT2D eigenvalue weighted by molar-refractivity contribution is 5.75. The molecule has 0 bridgehead atoms. The molecule has 1 aliphatic rings. The normalized spacial score (nSPS) is 16.7. The lowest BCUT2D eigenvalue weighted by Gasteiger charge is -2.29. The molecule has 0 atom stereocenters. The SMILES string of the molecule is CC(C)CN(C(=O)NC(C)(C)C)C1CC1. The van der Waals surface area contributed by atoms with Crippen molar-refractivity contribution in [2.75, 3.05) is 6.54 Å². The minimum Gasteiger partial charge on any atom is -0.333 e. The summed E-state index contributed by atoms with van der Waals surface area (Å²) in [5.74, 6) is 0.538. The number of hydrogen-bond acceptors (Lipinski definition) is 1. The van der Waals surface area contributed by atoms with Crippen LogP contribution < -0.4 is 5.32 Å². The molecule has 88 valence electrons. The zero-order chi connectivity index (χ0) is 11.6. The van der Waals surface area contributed by atoms with E-state index in [1.54, 1.807) is 0 Å². The highest BCUT2D eigenvalue weighted by Gasteiger charge is 2.33. The fourth-order valence-electron chi connectivity index (χ4n) is 1.57. The maximum absolute atomic E-state index is 12.0. The first kappa shape index (κ1) is 12.3. The highest BCUT2D eigenvalue weighted by Crippen LogP contribution is 2.27. The second-order valence-electron chi connectivity index (χ2n) is 5.96. The maximum Gasteiger partial charge on any atom is 0.318 e. The van der Waals surface area contributed by atoms with Crippen LogP contribution in [0.1, 0.15) is 47.5 Å². The molecule has 15 heavy (non-hydrogen) atoms. The van der Waals surface area contributed by atoms with Crippen molar-refractivity contribution < 1.29 is 4.79 Å². The molecule has 0 unspecified atom stereocenters. The van der Waals surface area contributed by atoms with Gasteiger partial charge in [0.05, 0.1) is 0 Å². The van der Waals surface area contributed by atoms with E-state index in [9.17, 15) is 4.79 Å². The summed E-state index contributed by atoms with van der Waals surface area (Å²) in [4.78, 5) is 14.0. The number of carbonyl (C=O) groups is 1. The molecule has 0 saturated heterocycles. The molecule has 0 aromatic carbocycles. The standard InChI is InChI=1S/C12H24N2O/c1-9(2)8-14(10-6-7-10)11(15)13-12(3,4)5/h9-10H,6-8H2,1-5H3,(H,13,15). The summed E-state index contributed by atoms with van der Waals surface area (Å²) in [5, 5.41) is 3.03. The highest BCUT2D eigenvalue weighted by atomic mass is 16.2. The zero-order valence-corrected chi connectivity index (χ0v) is 10.6. The molecular formula is C12H24N2O. The van der Waals surface area contributed by atoms with E-state index in [-0.39, 0.29) is 11.6 Å². The van der Waals surface area contributed by atoms with E-state index < -0.39 is 0 Å². The van der Waals surface area contributed by atoms with Crippen molar-refractivity contribution in [3.8, 4) is 0 Å². The van der Waals surface area contributed by atoms with Crippen LogP contribution in [0.5, 0.6) is 0 Å². The first-order valence-electron chi connectivity index (χ1n) is 5.88. The van der Waals surface area contributed by atoms with Gasteiger partial charge in [0.1, 0.15) is 0 Å². The van der Waals surface area contributed by atoms with Crippen molar-refractivity contribution in [2.24, 2.45) is 5.92 Å². The van der Waals surface area contributed by atoms with Gasteiger partial charge in [0.15, 0.2) is 0 Å². The first-order valence-corrected chi connectivity index (χ1v) is 5.88. The Morgan fingerprint density at radius 3 is 2.27 bits per heavy atom. The molecule has 0 aliphatic heterocycles. The van der Waals surface area contributed by atoms with Gasteiger partial charge in [-0.25, -0.2) is 4.79 Å². The summed E-state index contributed by atoms with van der Waals surface area (Å²) in [5.41, 5.74) is -0.138. The molecule has 3 heteroatoms. The van der Waals surface area contributed by atoms with Gasteiger partial charge in [-0.15, -0.1) is 0 Å². The van der Waals surface area contributed by atoms with Crippen LogP contribution in [0.25, 0.3) is 0 Å². The third-order valence-corrected chi connectivity index (χ3v) is 2.29. The molecule has 2 amide bonds. The summed E-state index contributed by atoms with van der Waals surface area (Å²) in [6.45, 7) is 11.2. The predicted octanol–water partition coefficient (Wildman–Crippen LogP) is 2.61. The summed E-state index contributed by atoms with van der Waals surface area (Å²) in [6, 6.07) is 0.591. The molecule has 0 aromatic rings. The van der Waals surface area contributed by atoms with Crippen LogP contribution in [-0.2, 0) is 0 Å². The van der Waals surface area contributed by atoms with Crippen molar-refractivity contribution in [1.82, 2.24) is 10.2 Å². The molecular weight excluding hydrogens is 188 g/mol. The van der Waals surface area contributed by atoms with E-state index in [1.807, 2.05) is 25.7 Å². The van der Waals surface area contributed by atoms with Crippen molar-refractivity contribution >= 4 is 6.03 Å². The van der Waals surface area contributed by atoms with Gasteiger partial charge < -0.3 is 10.2 Å². The molecule has 1 saturated carbocycles. The van der Waals surface area contributed by atoms with E-state index in [2.05, 4.69) is 19.2 Å². The van der Waals surface area contributed by atoms with Crippen molar-refractivity contribution in [2.45, 2.75) is 59.0 Å². The Balaban J connectivity index is 2.51. The van der Waals surface area contributed by atoms with Crippen LogP contribution >= 0.6 is 0 Å². The van der Waals surface area contributed by atoms with Gasteiger partial charge in [-0.3, -0.25) is 0 Å². The molecule has 0 radical (unpaired) electrons. The summed E-state index contributed by atoms with van der Waals surface area (Å²) < 4.78 is 0. The molecule has 1 fully saturated rings. The average Bonchev–Trinajstić information content (AvgIpc) is 2.78. The molecule has 1 N–H and O–H groups in total. The lowest BCUT2D eigenvalue weighted by atomic mass is 10.1. The van der Waals surface area contributed by atoms with Crippen LogP contribution in [0.3, 0.4) is 0 Å². The number of rotatable bonds is 3. The first-order chi connectivity index (χ1) is 6.79. The van der Waals surface area contributed by atoms with Gasteiger partial charge >= 0.3 is 6.03 Å². The van der Waals surface area contributed by atoms with Gasteiger partial charge in [0.2, 0.25) is 0 Å². The third kappa shape index (κ3) is 4.54. The average molecular weight is 212 g/mol. The molecule has 0 spiro atoms. The molecule has 3 nitrogen and oxygen atoms in total. The van der Waals surface area contributed by atoms with Crippen LogP contribution in [0.4, 0.5) is 4.79 Å². The van der Waals surface area contributed by atoms with Crippen LogP contribution in [-0.4, -0.2) is 29.1 Å². The van der Waals surface area contributed by atoms with Crippen molar-refractivity contribution in [3.05, 3.63) is 0 Å². The number of urea groups is 1. The Bertz CT molecular complexity index is 226. The second kappa shape index (κ2) is 4.42. The smallest absolute Gasteiger partial charge is 0.318 e. The number of amides is 2. The minimum atomic E-state index is -0.138. The Morgan fingerprint density at radius 2 is 1.93 bits per heavy atom. The maximum atomic E-state index is 12.0. The second-order valence-corrected chi connectivity index (χ2v) is 5.96. The van der Waals surface area contributed by atoms with Crippen molar-refractivity contribution in [3.63, 3.8) is 0 Å². The lowest BCUT2D eigenvalue weighted by molar-refractivity contribution is 0.178. The van der Waals surface area contributed by atoms with Gasteiger partial charge in [-0.2, -0.15) is 0 Å². The topological polar surface area (TPSA) is 32.3 Å². The molecule has 0 aromatic heterocycles. The largest absolute Gasteiger partial charge is 0.333 e. The van der Waals surface area contributed by atoms with Crippen LogP contribution in [0.2, 0.25) is 0 Å². The van der Waals surface area contributed by atoms with E-state index in [4.69, 9.17) is 0 Å². The molecule has 1 aliphatic carbocycles. The van der Waals surface area contributed by atoms with E-state index >= 15 is 0 Å². The van der Waals surface area contributed by atoms with Crippen LogP contribution in [0.15, 0.2) is 0 Å². The van der Waals surface area contributed by atoms with Crippen molar-refractivity contribution in [1.29, 1.82) is 0 Å². The van der Waals surface area contributed by atoms with E-state index in [1.165, 1.54) is 12.8 Å². The van der Waals surface area contributed by atoms with Gasteiger partial charge in [0.25, 0.3) is 0 Å². The van der Waals surface area contributed by atoms with Gasteiger partial charge in [-0.1, -0.05) is 13.8 Å². The number of nitrogens with one attached hydrogen (secondary N) is 1. The van der Waals surface area contributed by atoms with E-state index in [0.29, 0.717) is 12.0 Å². The minimum absolute atomic E-state index is 0.0960. The Hall–Kier alpha value is -0.730. The summed E-state index contributed by atoms with van der Waals surface area (Å²) in [6.07, 6.45) is 2.34. The molecule has 0 heterocycles. The van der Waals surface area contributed by atoms with E-state index in [0.717, 1.165) is 6.54 Å². The Kier molecular flexibility index (Phi) is 3.63. The van der Waals surface area contributed by atoms with Gasteiger partial charge in [0, 0.05) is 18.1 Å². The monoisotopic (exact) mass is 212 g/mol. The number of hydrogen-bond donors (Lipinski definition) is 1. The summed E-state index contributed by atoms with van der Waals surface area (Å²) in [7, 11) is 0.